The molecule has 1 aromatic carbocycles. The highest BCUT2D eigenvalue weighted by Crippen LogP contribution is 2.27. The first-order valence-corrected chi connectivity index (χ1v) is 7.26. The molecular formula is C16H26N2. The van der Waals surface area contributed by atoms with E-state index < -0.39 is 0 Å². The van der Waals surface area contributed by atoms with E-state index in [0.29, 0.717) is 6.04 Å². The predicted molar refractivity (Wildman–Crippen MR) is 77.7 cm³/mol. The maximum absolute atomic E-state index is 3.60. The lowest BCUT2D eigenvalue weighted by atomic mass is 9.85. The van der Waals surface area contributed by atoms with E-state index in [4.69, 9.17) is 0 Å². The molecule has 0 heterocycles. The summed E-state index contributed by atoms with van der Waals surface area (Å²) >= 11 is 0. The van der Waals surface area contributed by atoms with Gasteiger partial charge in [0.15, 0.2) is 0 Å². The first kappa shape index (κ1) is 13.6. The molecule has 1 N–H and O–H groups in total. The Hall–Kier alpha value is -0.860. The van der Waals surface area contributed by atoms with Gasteiger partial charge >= 0.3 is 0 Å². The van der Waals surface area contributed by atoms with Gasteiger partial charge in [0.05, 0.1) is 0 Å². The Morgan fingerprint density at radius 1 is 1.28 bits per heavy atom. The average molecular weight is 246 g/mol. The van der Waals surface area contributed by atoms with Crippen LogP contribution in [0, 0.1) is 5.92 Å². The van der Waals surface area contributed by atoms with Crippen LogP contribution < -0.4 is 5.32 Å². The monoisotopic (exact) mass is 246 g/mol. The van der Waals surface area contributed by atoms with E-state index in [9.17, 15) is 0 Å². The van der Waals surface area contributed by atoms with Crippen LogP contribution in [0.2, 0.25) is 0 Å². The van der Waals surface area contributed by atoms with E-state index in [-0.39, 0.29) is 0 Å². The van der Waals surface area contributed by atoms with Crippen molar-refractivity contribution in [2.75, 3.05) is 26.7 Å². The normalized spacial score (nSPS) is 17.7. The van der Waals surface area contributed by atoms with E-state index in [1.807, 2.05) is 0 Å². The fourth-order valence-corrected chi connectivity index (χ4v) is 2.72. The molecule has 0 amide bonds. The molecule has 0 spiro atoms. The summed E-state index contributed by atoms with van der Waals surface area (Å²) < 4.78 is 0. The van der Waals surface area contributed by atoms with Crippen molar-refractivity contribution in [2.24, 2.45) is 5.92 Å². The van der Waals surface area contributed by atoms with Crippen LogP contribution in [0.1, 0.15) is 37.8 Å². The van der Waals surface area contributed by atoms with Crippen LogP contribution in [0.5, 0.6) is 0 Å². The van der Waals surface area contributed by atoms with Gasteiger partial charge < -0.3 is 10.2 Å². The zero-order chi connectivity index (χ0) is 12.8. The summed E-state index contributed by atoms with van der Waals surface area (Å²) in [4.78, 5) is 2.49. The lowest BCUT2D eigenvalue weighted by molar-refractivity contribution is 0.192. The van der Waals surface area contributed by atoms with E-state index in [1.165, 1.54) is 31.4 Å². The number of likely N-dealkylation sites (N-methyl/N-ethyl adjacent to an activating group) is 2. The van der Waals surface area contributed by atoms with Crippen LogP contribution in [0.4, 0.5) is 0 Å². The summed E-state index contributed by atoms with van der Waals surface area (Å²) in [6, 6.07) is 11.3. The van der Waals surface area contributed by atoms with Gasteiger partial charge in [-0.15, -0.1) is 0 Å². The fraction of sp³-hybridized carbons (Fsp3) is 0.625. The van der Waals surface area contributed by atoms with E-state index >= 15 is 0 Å². The number of nitrogens with one attached hydrogen (secondary N) is 1. The second-order valence-corrected chi connectivity index (χ2v) is 5.54. The zero-order valence-electron chi connectivity index (χ0n) is 11.7. The second-order valence-electron chi connectivity index (χ2n) is 5.54. The summed E-state index contributed by atoms with van der Waals surface area (Å²) in [5, 5.41) is 3.60. The van der Waals surface area contributed by atoms with E-state index in [1.54, 1.807) is 0 Å². The molecule has 1 fully saturated rings. The fourth-order valence-electron chi connectivity index (χ4n) is 2.72. The molecule has 100 valence electrons. The highest BCUT2D eigenvalue weighted by Gasteiger charge is 2.20. The standard InChI is InChI=1S/C16H26N2/c1-3-17-16(15-10-5-4-6-11-15)13-18(2)12-14-8-7-9-14/h4-6,10-11,14,16-17H,3,7-9,12-13H2,1-2H3. The molecule has 1 saturated carbocycles. The van der Waals surface area contributed by atoms with Crippen molar-refractivity contribution in [1.82, 2.24) is 10.2 Å². The van der Waals surface area contributed by atoms with Crippen LogP contribution in [0.25, 0.3) is 0 Å². The van der Waals surface area contributed by atoms with Crippen molar-refractivity contribution in [3.8, 4) is 0 Å². The van der Waals surface area contributed by atoms with Gasteiger partial charge in [0.2, 0.25) is 0 Å². The number of benzene rings is 1. The molecule has 1 unspecified atom stereocenters. The van der Waals surface area contributed by atoms with E-state index in [2.05, 4.69) is 54.5 Å². The number of rotatable bonds is 7. The number of hydrogen-bond acceptors (Lipinski definition) is 2. The third kappa shape index (κ3) is 3.82. The van der Waals surface area contributed by atoms with Gasteiger partial charge in [-0.1, -0.05) is 43.7 Å². The summed E-state index contributed by atoms with van der Waals surface area (Å²) in [6.07, 6.45) is 4.30. The summed E-state index contributed by atoms with van der Waals surface area (Å²) in [5.74, 6) is 0.952. The molecule has 1 aromatic rings. The van der Waals surface area contributed by atoms with Crippen molar-refractivity contribution < 1.29 is 0 Å². The van der Waals surface area contributed by atoms with Gasteiger partial charge in [0.25, 0.3) is 0 Å². The van der Waals surface area contributed by atoms with Crippen molar-refractivity contribution >= 4 is 0 Å². The molecule has 0 saturated heterocycles. The Bertz CT molecular complexity index is 332. The average Bonchev–Trinajstić information content (AvgIpc) is 2.34. The Morgan fingerprint density at radius 2 is 2.00 bits per heavy atom. The van der Waals surface area contributed by atoms with Crippen LogP contribution in [0.15, 0.2) is 30.3 Å². The molecule has 1 aliphatic rings. The van der Waals surface area contributed by atoms with Crippen LogP contribution in [0.3, 0.4) is 0 Å². The molecule has 0 aliphatic heterocycles. The Morgan fingerprint density at radius 3 is 2.56 bits per heavy atom. The highest BCUT2D eigenvalue weighted by molar-refractivity contribution is 5.19. The van der Waals surface area contributed by atoms with Crippen molar-refractivity contribution in [3.63, 3.8) is 0 Å². The lowest BCUT2D eigenvalue weighted by Gasteiger charge is -2.32. The first-order valence-electron chi connectivity index (χ1n) is 7.26. The largest absolute Gasteiger partial charge is 0.309 e. The van der Waals surface area contributed by atoms with Crippen LogP contribution in [-0.4, -0.2) is 31.6 Å². The first-order chi connectivity index (χ1) is 8.79. The number of nitrogens with zero attached hydrogens (tertiary/aromatic N) is 1. The van der Waals surface area contributed by atoms with Crippen LogP contribution >= 0.6 is 0 Å². The molecule has 1 atom stereocenters. The molecule has 18 heavy (non-hydrogen) atoms. The van der Waals surface area contributed by atoms with Gasteiger partial charge in [-0.2, -0.15) is 0 Å². The van der Waals surface area contributed by atoms with Gasteiger partial charge in [-0.05, 0) is 37.9 Å². The molecular weight excluding hydrogens is 220 g/mol. The minimum atomic E-state index is 0.460. The number of hydrogen-bond donors (Lipinski definition) is 1. The van der Waals surface area contributed by atoms with Gasteiger partial charge in [-0.3, -0.25) is 0 Å². The summed E-state index contributed by atoms with van der Waals surface area (Å²) in [6.45, 7) is 5.57. The molecule has 2 nitrogen and oxygen atoms in total. The molecule has 0 aromatic heterocycles. The summed E-state index contributed by atoms with van der Waals surface area (Å²) in [7, 11) is 2.26. The van der Waals surface area contributed by atoms with Crippen molar-refractivity contribution in [2.45, 2.75) is 32.2 Å². The maximum atomic E-state index is 3.60. The highest BCUT2D eigenvalue weighted by atomic mass is 15.1. The SMILES string of the molecule is CCNC(CN(C)CC1CCC1)c1ccccc1. The molecule has 1 aliphatic carbocycles. The van der Waals surface area contributed by atoms with Gasteiger partial charge in [0, 0.05) is 19.1 Å². The predicted octanol–water partition coefficient (Wildman–Crippen LogP) is 3.07. The maximum Gasteiger partial charge on any atom is 0.0449 e. The third-order valence-electron chi connectivity index (χ3n) is 3.94. The summed E-state index contributed by atoms with van der Waals surface area (Å²) in [5.41, 5.74) is 1.40. The molecule has 2 heteroatoms. The molecule has 0 bridgehead atoms. The smallest absolute Gasteiger partial charge is 0.0449 e. The quantitative estimate of drug-likeness (QED) is 0.795. The van der Waals surface area contributed by atoms with Gasteiger partial charge in [0.1, 0.15) is 0 Å². The second kappa shape index (κ2) is 6.91. The van der Waals surface area contributed by atoms with Gasteiger partial charge in [-0.25, -0.2) is 0 Å². The Kier molecular flexibility index (Phi) is 5.21. The topological polar surface area (TPSA) is 15.3 Å². The van der Waals surface area contributed by atoms with E-state index in [0.717, 1.165) is 19.0 Å². The minimum absolute atomic E-state index is 0.460. The third-order valence-corrected chi connectivity index (χ3v) is 3.94. The minimum Gasteiger partial charge on any atom is -0.309 e. The lowest BCUT2D eigenvalue weighted by Crippen LogP contribution is -2.36. The Balaban J connectivity index is 1.88. The molecule has 0 radical (unpaired) electrons. The molecule has 2 rings (SSSR count). The van der Waals surface area contributed by atoms with Crippen molar-refractivity contribution in [3.05, 3.63) is 35.9 Å². The van der Waals surface area contributed by atoms with Crippen molar-refractivity contribution in [1.29, 1.82) is 0 Å². The van der Waals surface area contributed by atoms with Crippen LogP contribution in [-0.2, 0) is 0 Å². The zero-order valence-corrected chi connectivity index (χ0v) is 11.7. The Labute approximate surface area is 111 Å².